The minimum Gasteiger partial charge on any atom is -0.396 e. The van der Waals surface area contributed by atoms with E-state index in [1.807, 2.05) is 13.0 Å². The molecule has 32 heavy (non-hydrogen) atoms. The Morgan fingerprint density at radius 1 is 1.22 bits per heavy atom. The fraction of sp³-hybridized carbons (Fsp3) is 0.318. The Balaban J connectivity index is 1.67. The van der Waals surface area contributed by atoms with Crippen molar-refractivity contribution < 1.29 is 18.3 Å². The monoisotopic (exact) mass is 459 g/mol. The summed E-state index contributed by atoms with van der Waals surface area (Å²) in [5.41, 5.74) is 3.74. The van der Waals surface area contributed by atoms with Crippen LogP contribution >= 0.6 is 12.2 Å². The molecule has 6 nitrogen and oxygen atoms in total. The molecule has 0 spiro atoms. The van der Waals surface area contributed by atoms with E-state index in [2.05, 4.69) is 25.3 Å². The number of aliphatic hydroxyl groups excluding tert-OH is 1. The summed E-state index contributed by atoms with van der Waals surface area (Å²) in [6.07, 6.45) is 2.57. The zero-order valence-corrected chi connectivity index (χ0v) is 18.0. The highest BCUT2D eigenvalue weighted by atomic mass is 32.1. The summed E-state index contributed by atoms with van der Waals surface area (Å²) in [4.78, 5) is 18.0. The van der Waals surface area contributed by atoms with Gasteiger partial charge in [-0.1, -0.05) is 18.3 Å². The van der Waals surface area contributed by atoms with Crippen LogP contribution in [-0.2, 0) is 12.8 Å². The summed E-state index contributed by atoms with van der Waals surface area (Å²) in [6.45, 7) is 1.94. The summed E-state index contributed by atoms with van der Waals surface area (Å²) in [6, 6.07) is 1.92. The molecular formula is C22H20F3N5OS. The second kappa shape index (κ2) is 8.87. The molecule has 2 N–H and O–H groups in total. The van der Waals surface area contributed by atoms with Gasteiger partial charge in [-0.3, -0.25) is 9.98 Å². The van der Waals surface area contributed by atoms with Crippen molar-refractivity contribution in [1.29, 1.82) is 0 Å². The highest BCUT2D eigenvalue weighted by Gasteiger charge is 2.34. The Morgan fingerprint density at radius 2 is 2.03 bits per heavy atom. The van der Waals surface area contributed by atoms with Crippen molar-refractivity contribution in [2.45, 2.75) is 38.8 Å². The normalized spacial score (nSPS) is 15.8. The van der Waals surface area contributed by atoms with E-state index in [-0.39, 0.29) is 19.0 Å². The quantitative estimate of drug-likeness (QED) is 0.643. The van der Waals surface area contributed by atoms with Crippen LogP contribution in [0.5, 0.6) is 0 Å². The molecule has 0 fully saturated rings. The first-order valence-electron chi connectivity index (χ1n) is 10.0. The van der Waals surface area contributed by atoms with Gasteiger partial charge in [0.25, 0.3) is 0 Å². The van der Waals surface area contributed by atoms with Crippen LogP contribution in [-0.4, -0.2) is 43.9 Å². The molecule has 0 saturated carbocycles. The first-order chi connectivity index (χ1) is 15.3. The summed E-state index contributed by atoms with van der Waals surface area (Å²) in [7, 11) is 0. The van der Waals surface area contributed by atoms with Gasteiger partial charge in [0.05, 0.1) is 28.3 Å². The maximum absolute atomic E-state index is 13.2. The molecule has 4 rings (SSSR count). The minimum atomic E-state index is -4.48. The highest BCUT2D eigenvalue weighted by Crippen LogP contribution is 2.36. The van der Waals surface area contributed by atoms with Gasteiger partial charge in [0.1, 0.15) is 0 Å². The van der Waals surface area contributed by atoms with E-state index in [9.17, 15) is 13.2 Å². The molecule has 2 aromatic rings. The number of rotatable bonds is 5. The van der Waals surface area contributed by atoms with E-state index in [1.165, 1.54) is 0 Å². The van der Waals surface area contributed by atoms with Crippen LogP contribution in [0, 0.1) is 6.92 Å². The summed E-state index contributed by atoms with van der Waals surface area (Å²) in [5.74, 6) is 0.288. The molecule has 0 bridgehead atoms. The second-order valence-electron chi connectivity index (χ2n) is 7.54. The lowest BCUT2D eigenvalue weighted by molar-refractivity contribution is -0.0857. The molecular weight excluding hydrogens is 439 g/mol. The number of anilines is 2. The number of hydrogen-bond donors (Lipinski definition) is 2. The van der Waals surface area contributed by atoms with Crippen molar-refractivity contribution in [3.05, 3.63) is 58.2 Å². The summed E-state index contributed by atoms with van der Waals surface area (Å²) >= 11 is 5.44. The third kappa shape index (κ3) is 4.61. The number of thiocarbonyl (C=S) groups is 1. The average molecular weight is 459 g/mol. The largest absolute Gasteiger partial charge is 0.417 e. The van der Waals surface area contributed by atoms with Gasteiger partial charge in [-0.2, -0.15) is 13.2 Å². The number of halogens is 3. The number of allylic oxidation sites excluding steroid dienone is 3. The van der Waals surface area contributed by atoms with Crippen LogP contribution < -0.4 is 5.32 Å². The molecule has 0 atom stereocenters. The molecule has 2 aromatic heterocycles. The fourth-order valence-corrected chi connectivity index (χ4v) is 3.87. The zero-order valence-electron chi connectivity index (χ0n) is 17.2. The minimum absolute atomic E-state index is 0.0468. The number of pyridine rings is 1. The predicted molar refractivity (Wildman–Crippen MR) is 120 cm³/mol. The zero-order chi connectivity index (χ0) is 22.9. The molecule has 0 amide bonds. The number of aryl methyl sites for hydroxylation is 2. The number of aliphatic imine (C=N–C) groups is 1. The van der Waals surface area contributed by atoms with Crippen molar-refractivity contribution in [2.24, 2.45) is 4.99 Å². The van der Waals surface area contributed by atoms with E-state index in [0.29, 0.717) is 46.8 Å². The standard InChI is InChI=1S/C22H20F3N5OS/c1-12-17(7-13(9-26-12)3-2-6-31)29-21-28-10-14-8-18(32)16-5-4-15(22(23,24)25)11-27-20(16)19(14)30-21/h4,7,9-11,31H,2-3,5-6,8H2,1H3,(H,28,29,30). The third-order valence-electron chi connectivity index (χ3n) is 5.26. The Kier molecular flexibility index (Phi) is 6.16. The van der Waals surface area contributed by atoms with Crippen LogP contribution in [0.1, 0.15) is 35.4 Å². The maximum Gasteiger partial charge on any atom is 0.417 e. The summed E-state index contributed by atoms with van der Waals surface area (Å²) in [5, 5.41) is 12.2. The van der Waals surface area contributed by atoms with Crippen LogP contribution in [0.15, 0.2) is 40.7 Å². The lowest BCUT2D eigenvalue weighted by Crippen LogP contribution is -2.16. The highest BCUT2D eigenvalue weighted by molar-refractivity contribution is 7.80. The van der Waals surface area contributed by atoms with E-state index >= 15 is 0 Å². The third-order valence-corrected chi connectivity index (χ3v) is 5.65. The number of alkyl halides is 3. The van der Waals surface area contributed by atoms with E-state index in [1.54, 1.807) is 12.4 Å². The summed E-state index contributed by atoms with van der Waals surface area (Å²) < 4.78 is 39.5. The number of hydrogen-bond acceptors (Lipinski definition) is 7. The molecule has 0 radical (unpaired) electrons. The van der Waals surface area contributed by atoms with Crippen LogP contribution in [0.4, 0.5) is 24.8 Å². The number of nitrogens with one attached hydrogen (secondary N) is 1. The van der Waals surface area contributed by atoms with Crippen LogP contribution in [0.25, 0.3) is 5.70 Å². The number of nitrogens with zero attached hydrogens (tertiary/aromatic N) is 4. The Bertz CT molecular complexity index is 1170. The maximum atomic E-state index is 13.2. The lowest BCUT2D eigenvalue weighted by Gasteiger charge is -2.20. The van der Waals surface area contributed by atoms with Crippen molar-refractivity contribution in [3.8, 4) is 0 Å². The van der Waals surface area contributed by atoms with Crippen molar-refractivity contribution in [3.63, 3.8) is 0 Å². The number of fused-ring (bicyclic) bond motifs is 2. The van der Waals surface area contributed by atoms with Gasteiger partial charge in [-0.05, 0) is 43.4 Å². The van der Waals surface area contributed by atoms with Gasteiger partial charge in [-0.25, -0.2) is 9.97 Å². The van der Waals surface area contributed by atoms with Crippen molar-refractivity contribution in [1.82, 2.24) is 15.0 Å². The van der Waals surface area contributed by atoms with E-state index in [4.69, 9.17) is 17.3 Å². The van der Waals surface area contributed by atoms with Crippen molar-refractivity contribution >= 4 is 40.6 Å². The number of aromatic nitrogens is 3. The molecule has 2 aliphatic rings. The first-order valence-corrected chi connectivity index (χ1v) is 10.4. The van der Waals surface area contributed by atoms with Gasteiger partial charge >= 0.3 is 6.18 Å². The molecule has 0 unspecified atom stereocenters. The fourth-order valence-electron chi connectivity index (χ4n) is 3.54. The molecule has 0 aromatic carbocycles. The Morgan fingerprint density at radius 3 is 2.78 bits per heavy atom. The van der Waals surface area contributed by atoms with Gasteiger partial charge in [0.15, 0.2) is 0 Å². The Hall–Kier alpha value is -2.98. The smallest absolute Gasteiger partial charge is 0.396 e. The SMILES string of the molecule is Cc1ncc(CCCO)cc1Nc1ncc2c(n1)C1=C(CC=C(C(F)(F)F)C=N1)C(=S)C2. The van der Waals surface area contributed by atoms with Crippen LogP contribution in [0.3, 0.4) is 0 Å². The molecule has 166 valence electrons. The second-order valence-corrected chi connectivity index (χ2v) is 8.04. The average Bonchev–Trinajstić information content (AvgIpc) is 2.99. The lowest BCUT2D eigenvalue weighted by atomic mass is 9.92. The molecule has 1 aliphatic carbocycles. The molecule has 3 heterocycles. The molecule has 10 heteroatoms. The van der Waals surface area contributed by atoms with Gasteiger partial charge < -0.3 is 10.4 Å². The molecule has 0 saturated heterocycles. The Labute approximate surface area is 188 Å². The van der Waals surface area contributed by atoms with Crippen molar-refractivity contribution in [2.75, 3.05) is 11.9 Å². The van der Waals surface area contributed by atoms with Crippen LogP contribution in [0.2, 0.25) is 0 Å². The van der Waals surface area contributed by atoms with Gasteiger partial charge in [0.2, 0.25) is 5.95 Å². The van der Waals surface area contributed by atoms with Gasteiger partial charge in [-0.15, -0.1) is 0 Å². The van der Waals surface area contributed by atoms with E-state index < -0.39 is 11.7 Å². The number of aliphatic hydroxyl groups is 1. The molecule has 1 aliphatic heterocycles. The topological polar surface area (TPSA) is 83.3 Å². The van der Waals surface area contributed by atoms with E-state index in [0.717, 1.165) is 29.1 Å². The predicted octanol–water partition coefficient (Wildman–Crippen LogP) is 4.45. The first kappa shape index (κ1) is 22.2. The van der Waals surface area contributed by atoms with Gasteiger partial charge in [0, 0.05) is 42.1 Å².